The summed E-state index contributed by atoms with van der Waals surface area (Å²) < 4.78 is 5.75. The second-order valence-corrected chi connectivity index (χ2v) is 8.47. The van der Waals surface area contributed by atoms with Crippen molar-refractivity contribution >= 4 is 17.4 Å². The topological polar surface area (TPSA) is 70.1 Å². The number of Topliss-reactive ketones (excluding diaryl/α,β-unsaturated/α-hetero) is 1. The average molecular weight is 451 g/mol. The van der Waals surface area contributed by atoms with Gasteiger partial charge in [-0.15, -0.1) is 0 Å². The first kappa shape index (κ1) is 24.5. The molecule has 1 heterocycles. The number of carbonyl (C=O) groups excluding carboxylic acids is 2. The molecule has 6 heteroatoms. The van der Waals surface area contributed by atoms with Crippen molar-refractivity contribution in [2.75, 3.05) is 26.2 Å². The van der Waals surface area contributed by atoms with Crippen LogP contribution in [-0.4, -0.2) is 58.9 Å². The minimum absolute atomic E-state index is 0.0413. The van der Waals surface area contributed by atoms with E-state index < -0.39 is 17.7 Å². The first-order valence-electron chi connectivity index (χ1n) is 11.7. The molecule has 3 rings (SSSR count). The third-order valence-corrected chi connectivity index (χ3v) is 5.92. The van der Waals surface area contributed by atoms with E-state index in [0.29, 0.717) is 12.1 Å². The number of aliphatic hydroxyl groups is 1. The van der Waals surface area contributed by atoms with E-state index in [0.717, 1.165) is 37.4 Å². The van der Waals surface area contributed by atoms with Crippen molar-refractivity contribution in [3.05, 3.63) is 71.3 Å². The van der Waals surface area contributed by atoms with Crippen molar-refractivity contribution in [3.63, 3.8) is 0 Å². The van der Waals surface area contributed by atoms with Crippen LogP contribution < -0.4 is 4.74 Å². The number of carbonyl (C=O) groups is 2. The monoisotopic (exact) mass is 450 g/mol. The van der Waals surface area contributed by atoms with Crippen LogP contribution in [0.5, 0.6) is 5.75 Å². The normalized spacial score (nSPS) is 17.9. The van der Waals surface area contributed by atoms with Crippen LogP contribution >= 0.6 is 0 Å². The van der Waals surface area contributed by atoms with E-state index in [9.17, 15) is 14.7 Å². The predicted octanol–water partition coefficient (Wildman–Crippen LogP) is 4.63. The van der Waals surface area contributed by atoms with Gasteiger partial charge in [0.05, 0.1) is 17.7 Å². The summed E-state index contributed by atoms with van der Waals surface area (Å²) in [6, 6.07) is 15.7. The molecule has 176 valence electrons. The molecule has 1 saturated heterocycles. The van der Waals surface area contributed by atoms with E-state index in [4.69, 9.17) is 4.74 Å². The zero-order chi connectivity index (χ0) is 24.0. The summed E-state index contributed by atoms with van der Waals surface area (Å²) in [7, 11) is 0. The van der Waals surface area contributed by atoms with Crippen LogP contribution in [0.15, 0.2) is 60.2 Å². The lowest BCUT2D eigenvalue weighted by atomic mass is 9.95. The number of benzene rings is 2. The van der Waals surface area contributed by atoms with Crippen molar-refractivity contribution < 1.29 is 19.4 Å². The third-order valence-electron chi connectivity index (χ3n) is 5.92. The number of amides is 1. The molecule has 0 radical (unpaired) electrons. The van der Waals surface area contributed by atoms with Crippen LogP contribution in [0.25, 0.3) is 5.76 Å². The smallest absolute Gasteiger partial charge is 0.295 e. The number of likely N-dealkylation sites (tertiary alicyclic amines) is 1. The molecule has 1 aliphatic heterocycles. The standard InChI is InChI=1S/C27H34N2O4/c1-5-28(6-2)17-10-18-29-24(20-13-15-22(16-14-20)33-19(3)4)23(26(31)27(29)32)25(30)21-11-8-7-9-12-21/h7-9,11-16,19,24,30H,5-6,10,17-18H2,1-4H3/t24-/m0/s1. The molecule has 0 bridgehead atoms. The van der Waals surface area contributed by atoms with E-state index in [1.165, 1.54) is 0 Å². The maximum Gasteiger partial charge on any atom is 0.295 e. The summed E-state index contributed by atoms with van der Waals surface area (Å²) in [5, 5.41) is 11.1. The summed E-state index contributed by atoms with van der Waals surface area (Å²) >= 11 is 0. The summed E-state index contributed by atoms with van der Waals surface area (Å²) in [5.41, 5.74) is 1.42. The zero-order valence-corrected chi connectivity index (χ0v) is 20.0. The van der Waals surface area contributed by atoms with Crippen LogP contribution in [0.3, 0.4) is 0 Å². The number of rotatable bonds is 10. The second kappa shape index (κ2) is 11.1. The Kier molecular flexibility index (Phi) is 8.28. The van der Waals surface area contributed by atoms with Gasteiger partial charge in [-0.2, -0.15) is 0 Å². The van der Waals surface area contributed by atoms with Crippen LogP contribution in [0, 0.1) is 0 Å². The van der Waals surface area contributed by atoms with E-state index in [1.54, 1.807) is 29.2 Å². The van der Waals surface area contributed by atoms with Crippen molar-refractivity contribution in [1.29, 1.82) is 0 Å². The number of nitrogens with zero attached hydrogens (tertiary/aromatic N) is 2. The predicted molar refractivity (Wildman–Crippen MR) is 130 cm³/mol. The lowest BCUT2D eigenvalue weighted by Gasteiger charge is -2.27. The molecule has 0 spiro atoms. The van der Waals surface area contributed by atoms with Gasteiger partial charge in [-0.05, 0) is 57.6 Å². The van der Waals surface area contributed by atoms with Crippen molar-refractivity contribution in [2.45, 2.75) is 46.3 Å². The lowest BCUT2D eigenvalue weighted by Crippen LogP contribution is -2.33. The Bertz CT molecular complexity index is 979. The van der Waals surface area contributed by atoms with E-state index >= 15 is 0 Å². The molecular weight excluding hydrogens is 416 g/mol. The average Bonchev–Trinajstić information content (AvgIpc) is 3.07. The van der Waals surface area contributed by atoms with Gasteiger partial charge >= 0.3 is 0 Å². The van der Waals surface area contributed by atoms with Crippen LogP contribution in [0.4, 0.5) is 0 Å². The van der Waals surface area contributed by atoms with Crippen LogP contribution in [-0.2, 0) is 9.59 Å². The lowest BCUT2D eigenvalue weighted by molar-refractivity contribution is -0.140. The van der Waals surface area contributed by atoms with Crippen LogP contribution in [0.1, 0.15) is 51.3 Å². The molecule has 1 aliphatic rings. The van der Waals surface area contributed by atoms with Gasteiger partial charge in [0, 0.05) is 12.1 Å². The Morgan fingerprint density at radius 3 is 2.24 bits per heavy atom. The fourth-order valence-corrected chi connectivity index (χ4v) is 4.21. The Hall–Kier alpha value is -3.12. The summed E-state index contributed by atoms with van der Waals surface area (Å²) in [6.45, 7) is 11.3. The van der Waals surface area contributed by atoms with Gasteiger partial charge in [-0.3, -0.25) is 9.59 Å². The first-order valence-corrected chi connectivity index (χ1v) is 11.7. The summed E-state index contributed by atoms with van der Waals surface area (Å²) in [5.74, 6) is -0.644. The van der Waals surface area contributed by atoms with Crippen molar-refractivity contribution in [3.8, 4) is 5.75 Å². The number of hydrogen-bond donors (Lipinski definition) is 1. The van der Waals surface area contributed by atoms with Gasteiger partial charge < -0.3 is 19.6 Å². The molecule has 0 saturated carbocycles. The van der Waals surface area contributed by atoms with Gasteiger partial charge in [-0.1, -0.05) is 56.3 Å². The number of aliphatic hydroxyl groups excluding tert-OH is 1. The van der Waals surface area contributed by atoms with Crippen molar-refractivity contribution in [2.24, 2.45) is 0 Å². The summed E-state index contributed by atoms with van der Waals surface area (Å²) in [6.07, 6.45) is 0.783. The maximum absolute atomic E-state index is 13.1. The Morgan fingerprint density at radius 2 is 1.67 bits per heavy atom. The molecule has 1 atom stereocenters. The fourth-order valence-electron chi connectivity index (χ4n) is 4.21. The highest BCUT2D eigenvalue weighted by Gasteiger charge is 2.45. The molecule has 6 nitrogen and oxygen atoms in total. The molecule has 2 aromatic rings. The van der Waals surface area contributed by atoms with Gasteiger partial charge in [0.15, 0.2) is 0 Å². The van der Waals surface area contributed by atoms with Gasteiger partial charge in [0.1, 0.15) is 11.5 Å². The van der Waals surface area contributed by atoms with E-state index in [2.05, 4.69) is 18.7 Å². The van der Waals surface area contributed by atoms with Crippen LogP contribution in [0.2, 0.25) is 0 Å². The van der Waals surface area contributed by atoms with Crippen molar-refractivity contribution in [1.82, 2.24) is 9.80 Å². The quantitative estimate of drug-likeness (QED) is 0.325. The largest absolute Gasteiger partial charge is 0.507 e. The van der Waals surface area contributed by atoms with Gasteiger partial charge in [-0.25, -0.2) is 0 Å². The third kappa shape index (κ3) is 5.63. The Balaban J connectivity index is 1.99. The maximum atomic E-state index is 13.1. The molecule has 0 aromatic heterocycles. The summed E-state index contributed by atoms with van der Waals surface area (Å²) in [4.78, 5) is 30.0. The van der Waals surface area contributed by atoms with Gasteiger partial charge in [0.2, 0.25) is 0 Å². The number of ether oxygens (including phenoxy) is 1. The minimum Gasteiger partial charge on any atom is -0.507 e. The fraction of sp³-hybridized carbons (Fsp3) is 0.407. The number of hydrogen-bond acceptors (Lipinski definition) is 5. The molecule has 33 heavy (non-hydrogen) atoms. The Labute approximate surface area is 196 Å². The highest BCUT2D eigenvalue weighted by Crippen LogP contribution is 2.39. The van der Waals surface area contributed by atoms with Gasteiger partial charge in [0.25, 0.3) is 11.7 Å². The molecule has 1 amide bonds. The minimum atomic E-state index is -0.647. The molecule has 1 fully saturated rings. The first-order chi connectivity index (χ1) is 15.9. The number of ketones is 1. The molecule has 0 aliphatic carbocycles. The van der Waals surface area contributed by atoms with E-state index in [-0.39, 0.29) is 17.4 Å². The van der Waals surface area contributed by atoms with E-state index in [1.807, 2.05) is 44.2 Å². The molecule has 1 N–H and O–H groups in total. The highest BCUT2D eigenvalue weighted by atomic mass is 16.5. The molecule has 2 aromatic carbocycles. The SMILES string of the molecule is CCN(CC)CCCN1C(=O)C(=O)C(=C(O)c2ccccc2)[C@@H]1c1ccc(OC(C)C)cc1. The molecule has 0 unspecified atom stereocenters. The zero-order valence-electron chi connectivity index (χ0n) is 20.0. The Morgan fingerprint density at radius 1 is 1.03 bits per heavy atom. The molecular formula is C27H34N2O4. The highest BCUT2D eigenvalue weighted by molar-refractivity contribution is 6.46. The second-order valence-electron chi connectivity index (χ2n) is 8.47.